The maximum Gasteiger partial charge on any atom is 0.183 e. The molecule has 0 unspecified atom stereocenters. The van der Waals surface area contributed by atoms with Crippen molar-refractivity contribution in [1.82, 2.24) is 29.6 Å². The summed E-state index contributed by atoms with van der Waals surface area (Å²) in [6, 6.07) is 22.6. The molecule has 2 aliphatic rings. The van der Waals surface area contributed by atoms with Gasteiger partial charge in [-0.05, 0) is 85.4 Å². The molecule has 0 aliphatic carbocycles. The predicted molar refractivity (Wildman–Crippen MR) is 154 cm³/mol. The Morgan fingerprint density at radius 1 is 0.684 bits per heavy atom. The third kappa shape index (κ3) is 4.26. The molecular formula is C31H31BN6. The fourth-order valence-corrected chi connectivity index (χ4v) is 6.08. The summed E-state index contributed by atoms with van der Waals surface area (Å²) in [6.45, 7) is 2.06. The van der Waals surface area contributed by atoms with Gasteiger partial charge in [0, 0.05) is 5.56 Å². The second-order valence-electron chi connectivity index (χ2n) is 10.8. The molecule has 0 amide bonds. The Morgan fingerprint density at radius 2 is 1.24 bits per heavy atom. The zero-order valence-corrected chi connectivity index (χ0v) is 21.7. The minimum atomic E-state index is 0.183. The first-order valence-electron chi connectivity index (χ1n) is 13.6. The summed E-state index contributed by atoms with van der Waals surface area (Å²) in [5.74, 6) is 2.03. The van der Waals surface area contributed by atoms with E-state index >= 15 is 0 Å². The first-order valence-corrected chi connectivity index (χ1v) is 13.6. The molecule has 188 valence electrons. The smallest absolute Gasteiger partial charge is 0.183 e. The van der Waals surface area contributed by atoms with Crippen LogP contribution in [-0.4, -0.2) is 57.8 Å². The van der Waals surface area contributed by atoms with Crippen molar-refractivity contribution in [3.05, 3.63) is 84.7 Å². The van der Waals surface area contributed by atoms with Crippen molar-refractivity contribution in [2.75, 3.05) is 20.1 Å². The van der Waals surface area contributed by atoms with E-state index in [4.69, 9.17) is 7.98 Å². The van der Waals surface area contributed by atoms with E-state index in [1.54, 1.807) is 0 Å². The highest BCUT2D eigenvalue weighted by Gasteiger charge is 2.26. The minimum Gasteiger partial charge on any atom is -0.345 e. The van der Waals surface area contributed by atoms with Gasteiger partial charge in [-0.25, -0.2) is 9.97 Å². The lowest BCUT2D eigenvalue weighted by Gasteiger charge is -2.17. The van der Waals surface area contributed by atoms with Crippen LogP contribution in [0.4, 0.5) is 0 Å². The van der Waals surface area contributed by atoms with Crippen LogP contribution in [0.25, 0.3) is 44.4 Å². The van der Waals surface area contributed by atoms with Gasteiger partial charge in [0.2, 0.25) is 0 Å². The third-order valence-electron chi connectivity index (χ3n) is 8.32. The van der Waals surface area contributed by atoms with Crippen molar-refractivity contribution in [1.29, 1.82) is 0 Å². The number of nitrogens with zero attached hydrogens (tertiary/aromatic N) is 4. The Bertz CT molecular complexity index is 1590. The number of H-pyrrole nitrogens is 2. The summed E-state index contributed by atoms with van der Waals surface area (Å²) in [4.78, 5) is 20.6. The molecule has 6 nitrogen and oxygen atoms in total. The van der Waals surface area contributed by atoms with Crippen molar-refractivity contribution < 1.29 is 0 Å². The highest BCUT2D eigenvalue weighted by Crippen LogP contribution is 2.33. The maximum absolute atomic E-state index is 6.13. The Morgan fingerprint density at radius 3 is 1.89 bits per heavy atom. The van der Waals surface area contributed by atoms with Crippen LogP contribution in [0, 0.1) is 0 Å². The zero-order chi connectivity index (χ0) is 25.6. The number of likely N-dealkylation sites (tertiary alicyclic amines) is 1. The van der Waals surface area contributed by atoms with Gasteiger partial charge in [0.05, 0.1) is 35.9 Å². The molecule has 2 saturated heterocycles. The van der Waals surface area contributed by atoms with Gasteiger partial charge in [0.15, 0.2) is 7.98 Å². The lowest BCUT2D eigenvalue weighted by molar-refractivity contribution is 0.307. The molecule has 7 rings (SSSR count). The summed E-state index contributed by atoms with van der Waals surface area (Å²) in [7, 11) is 8.31. The van der Waals surface area contributed by atoms with E-state index in [-0.39, 0.29) is 6.04 Å². The van der Waals surface area contributed by atoms with Gasteiger partial charge in [-0.3, -0.25) is 4.90 Å². The molecular weight excluding hydrogens is 467 g/mol. The largest absolute Gasteiger partial charge is 0.345 e. The fraction of sp³-hybridized carbons (Fsp3) is 0.290. The summed E-state index contributed by atoms with van der Waals surface area (Å²) < 4.78 is 0. The minimum absolute atomic E-state index is 0.183. The molecule has 2 aromatic heterocycles. The number of aromatic amines is 2. The quantitative estimate of drug-likeness (QED) is 0.280. The molecule has 3 aromatic carbocycles. The van der Waals surface area contributed by atoms with Crippen LogP contribution in [0.1, 0.15) is 49.4 Å². The monoisotopic (exact) mass is 498 g/mol. The number of aromatic nitrogens is 4. The Balaban J connectivity index is 1.10. The molecule has 2 fully saturated rings. The van der Waals surface area contributed by atoms with Crippen molar-refractivity contribution in [3.8, 4) is 33.6 Å². The Labute approximate surface area is 224 Å². The Kier molecular flexibility index (Phi) is 5.90. The van der Waals surface area contributed by atoms with Gasteiger partial charge in [-0.15, -0.1) is 0 Å². The maximum atomic E-state index is 6.13. The van der Waals surface area contributed by atoms with Crippen molar-refractivity contribution in [2.24, 2.45) is 0 Å². The SMILES string of the molecule is [B]N1CCC[C@H]1c1ncc(-c2ccc3cc(-c4ccc(-c5cnc([C@@H]6CCCN6C)[nH]5)cc4)ccc3c2)[nH]1. The van der Waals surface area contributed by atoms with Crippen LogP contribution >= 0.6 is 0 Å². The molecule has 2 aliphatic heterocycles. The first kappa shape index (κ1) is 23.4. The lowest BCUT2D eigenvalue weighted by Crippen LogP contribution is -2.20. The number of imidazole rings is 2. The highest BCUT2D eigenvalue weighted by molar-refractivity contribution is 6.04. The molecule has 0 saturated carbocycles. The van der Waals surface area contributed by atoms with Crippen LogP contribution in [0.15, 0.2) is 73.1 Å². The summed E-state index contributed by atoms with van der Waals surface area (Å²) in [6.07, 6.45) is 8.45. The molecule has 2 atom stereocenters. The zero-order valence-electron chi connectivity index (χ0n) is 21.7. The van der Waals surface area contributed by atoms with Gasteiger partial charge >= 0.3 is 0 Å². The van der Waals surface area contributed by atoms with Gasteiger partial charge in [0.1, 0.15) is 11.6 Å². The van der Waals surface area contributed by atoms with Crippen LogP contribution in [-0.2, 0) is 0 Å². The molecule has 2 radical (unpaired) electrons. The fourth-order valence-electron chi connectivity index (χ4n) is 6.08. The molecule has 38 heavy (non-hydrogen) atoms. The number of hydrogen-bond donors (Lipinski definition) is 2. The van der Waals surface area contributed by atoms with E-state index in [1.165, 1.54) is 34.7 Å². The number of benzene rings is 3. The van der Waals surface area contributed by atoms with E-state index in [9.17, 15) is 0 Å². The molecule has 5 aromatic rings. The summed E-state index contributed by atoms with van der Waals surface area (Å²) in [5.41, 5.74) is 6.82. The van der Waals surface area contributed by atoms with Crippen molar-refractivity contribution >= 4 is 18.8 Å². The Hall–Kier alpha value is -3.68. The molecule has 4 heterocycles. The number of fused-ring (bicyclic) bond motifs is 1. The number of rotatable bonds is 5. The molecule has 0 bridgehead atoms. The lowest BCUT2D eigenvalue weighted by atomic mass is 9.98. The van der Waals surface area contributed by atoms with Gasteiger partial charge in [-0.1, -0.05) is 48.5 Å². The van der Waals surface area contributed by atoms with Crippen LogP contribution in [0.2, 0.25) is 0 Å². The van der Waals surface area contributed by atoms with Gasteiger partial charge in [0.25, 0.3) is 0 Å². The average Bonchev–Trinajstić information content (AvgIpc) is 3.75. The van der Waals surface area contributed by atoms with Crippen LogP contribution in [0.3, 0.4) is 0 Å². The molecule has 0 spiro atoms. The van der Waals surface area contributed by atoms with Crippen molar-refractivity contribution in [3.63, 3.8) is 0 Å². The van der Waals surface area contributed by atoms with E-state index in [0.29, 0.717) is 6.04 Å². The van der Waals surface area contributed by atoms with Gasteiger partial charge < -0.3 is 14.8 Å². The van der Waals surface area contributed by atoms with E-state index in [1.807, 2.05) is 17.2 Å². The van der Waals surface area contributed by atoms with Crippen LogP contribution in [0.5, 0.6) is 0 Å². The molecule has 7 heteroatoms. The third-order valence-corrected chi connectivity index (χ3v) is 8.32. The van der Waals surface area contributed by atoms with Gasteiger partial charge in [-0.2, -0.15) is 0 Å². The van der Waals surface area contributed by atoms with E-state index < -0.39 is 0 Å². The normalized spacial score (nSPS) is 20.6. The average molecular weight is 498 g/mol. The predicted octanol–water partition coefficient (Wildman–Crippen LogP) is 6.27. The van der Waals surface area contributed by atoms with E-state index in [0.717, 1.165) is 60.1 Å². The topological polar surface area (TPSA) is 63.8 Å². The highest BCUT2D eigenvalue weighted by atomic mass is 15.2. The first-order chi connectivity index (χ1) is 18.6. The second kappa shape index (κ2) is 9.57. The number of nitrogens with one attached hydrogen (secondary N) is 2. The summed E-state index contributed by atoms with van der Waals surface area (Å²) >= 11 is 0. The van der Waals surface area contributed by atoms with E-state index in [2.05, 4.69) is 92.5 Å². The van der Waals surface area contributed by atoms with Crippen molar-refractivity contribution in [2.45, 2.75) is 37.8 Å². The molecule has 2 N–H and O–H groups in total. The summed E-state index contributed by atoms with van der Waals surface area (Å²) in [5, 5.41) is 2.43. The second-order valence-corrected chi connectivity index (χ2v) is 10.8. The van der Waals surface area contributed by atoms with Crippen LogP contribution < -0.4 is 0 Å². The number of hydrogen-bond acceptors (Lipinski definition) is 4. The standard InChI is InChI=1S/C31H31BN6/c1-37-14-2-4-28(37)30-33-18-26(35-30)21-8-6-20(7-9-21)22-10-11-24-17-25(13-12-23(24)16-22)27-19-34-31(36-27)29-5-3-15-38(29)32/h6-13,16-19,28-29H,2-5,14-15H2,1H3,(H,33,35)(H,34,36)/t28-,29-/m0/s1.